The van der Waals surface area contributed by atoms with Gasteiger partial charge in [0.1, 0.15) is 11.9 Å². The Morgan fingerprint density at radius 3 is 2.60 bits per heavy atom. The van der Waals surface area contributed by atoms with Crippen LogP contribution < -0.4 is 15.2 Å². The van der Waals surface area contributed by atoms with Gasteiger partial charge in [0.15, 0.2) is 5.01 Å². The standard InChI is InChI=1S/C27H31N5O2S/c1-2-34-24-10-8-22(9-11-24)31-18-14-25(29-31)32(27(33)26-28-15-19-35-26)23-12-16-30(17-13-23)20-21-6-4-3-5-7-21/h3-11,14-15,18-19,23,25,29H,2,12-13,16-17,20H2,1H3. The monoisotopic (exact) mass is 489 g/mol. The van der Waals surface area contributed by atoms with Crippen molar-refractivity contribution < 1.29 is 9.53 Å². The molecule has 0 saturated carbocycles. The summed E-state index contributed by atoms with van der Waals surface area (Å²) >= 11 is 1.40. The van der Waals surface area contributed by atoms with Crippen molar-refractivity contribution in [2.24, 2.45) is 0 Å². The summed E-state index contributed by atoms with van der Waals surface area (Å²) in [6.07, 6.45) is 7.37. The van der Waals surface area contributed by atoms with Crippen LogP contribution in [-0.2, 0) is 6.54 Å². The minimum Gasteiger partial charge on any atom is -0.494 e. The second-order valence-corrected chi connectivity index (χ2v) is 9.65. The largest absolute Gasteiger partial charge is 0.494 e. The summed E-state index contributed by atoms with van der Waals surface area (Å²) in [5.41, 5.74) is 5.82. The number of carbonyl (C=O) groups excluding carboxylic acids is 1. The van der Waals surface area contributed by atoms with E-state index < -0.39 is 0 Å². The van der Waals surface area contributed by atoms with Gasteiger partial charge in [0.05, 0.1) is 12.3 Å². The number of hydrazine groups is 1. The SMILES string of the molecule is CCOc1ccc(N2C=CC(N(C(=O)c3nccs3)C3CCN(Cc4ccccc4)CC3)N2)cc1. The van der Waals surface area contributed by atoms with E-state index in [-0.39, 0.29) is 18.1 Å². The van der Waals surface area contributed by atoms with E-state index in [2.05, 4.69) is 51.7 Å². The number of ether oxygens (including phenoxy) is 1. The van der Waals surface area contributed by atoms with Gasteiger partial charge in [-0.1, -0.05) is 30.3 Å². The van der Waals surface area contributed by atoms with Gasteiger partial charge in [0.25, 0.3) is 5.91 Å². The Labute approximate surface area is 210 Å². The van der Waals surface area contributed by atoms with Crippen LogP contribution in [0.2, 0.25) is 0 Å². The molecule has 3 aromatic rings. The average Bonchev–Trinajstić information content (AvgIpc) is 3.60. The molecule has 35 heavy (non-hydrogen) atoms. The molecular weight excluding hydrogens is 458 g/mol. The molecule has 1 fully saturated rings. The van der Waals surface area contributed by atoms with Crippen LogP contribution in [0.25, 0.3) is 0 Å². The van der Waals surface area contributed by atoms with Crippen LogP contribution >= 0.6 is 11.3 Å². The Balaban J connectivity index is 1.27. The first-order valence-electron chi connectivity index (χ1n) is 12.2. The number of thiazole rings is 1. The number of benzene rings is 2. The predicted octanol–water partition coefficient (Wildman–Crippen LogP) is 4.51. The molecule has 3 heterocycles. The second-order valence-electron chi connectivity index (χ2n) is 8.75. The Morgan fingerprint density at radius 1 is 1.14 bits per heavy atom. The third-order valence-electron chi connectivity index (χ3n) is 6.46. The van der Waals surface area contributed by atoms with Crippen LogP contribution in [0.15, 0.2) is 78.5 Å². The summed E-state index contributed by atoms with van der Waals surface area (Å²) in [6, 6.07) is 18.7. The number of amides is 1. The number of nitrogens with one attached hydrogen (secondary N) is 1. The maximum Gasteiger partial charge on any atom is 0.284 e. The molecule has 7 nitrogen and oxygen atoms in total. The van der Waals surface area contributed by atoms with E-state index in [9.17, 15) is 4.79 Å². The van der Waals surface area contributed by atoms with Crippen molar-refractivity contribution in [1.82, 2.24) is 20.2 Å². The predicted molar refractivity (Wildman–Crippen MR) is 139 cm³/mol. The van der Waals surface area contributed by atoms with E-state index in [1.165, 1.54) is 16.9 Å². The number of aromatic nitrogens is 1. The highest BCUT2D eigenvalue weighted by molar-refractivity contribution is 7.11. The van der Waals surface area contributed by atoms with Gasteiger partial charge in [0.2, 0.25) is 0 Å². The fourth-order valence-corrected chi connectivity index (χ4v) is 5.32. The van der Waals surface area contributed by atoms with Crippen LogP contribution in [0.3, 0.4) is 0 Å². The zero-order valence-corrected chi connectivity index (χ0v) is 20.7. The third kappa shape index (κ3) is 5.56. The van der Waals surface area contributed by atoms with E-state index in [1.54, 1.807) is 6.20 Å². The fourth-order valence-electron chi connectivity index (χ4n) is 4.74. The molecule has 1 N–H and O–H groups in total. The van der Waals surface area contributed by atoms with Crippen LogP contribution in [0.1, 0.15) is 35.1 Å². The molecule has 0 radical (unpaired) electrons. The summed E-state index contributed by atoms with van der Waals surface area (Å²) in [5, 5.41) is 4.36. The number of nitrogens with zero attached hydrogens (tertiary/aromatic N) is 4. The highest BCUT2D eigenvalue weighted by Gasteiger charge is 2.36. The molecule has 1 amide bonds. The molecule has 8 heteroatoms. The van der Waals surface area contributed by atoms with Crippen LogP contribution in [-0.4, -0.2) is 52.6 Å². The lowest BCUT2D eigenvalue weighted by atomic mass is 10.0. The Bertz CT molecular complexity index is 1110. The molecule has 2 aromatic carbocycles. The molecule has 1 atom stereocenters. The zero-order valence-electron chi connectivity index (χ0n) is 19.9. The molecule has 1 unspecified atom stereocenters. The van der Waals surface area contributed by atoms with E-state index in [0.29, 0.717) is 11.6 Å². The maximum atomic E-state index is 13.6. The number of piperidine rings is 1. The number of carbonyl (C=O) groups is 1. The first kappa shape index (κ1) is 23.5. The number of rotatable bonds is 8. The highest BCUT2D eigenvalue weighted by atomic mass is 32.1. The molecule has 0 aliphatic carbocycles. The third-order valence-corrected chi connectivity index (χ3v) is 7.22. The summed E-state index contributed by atoms with van der Waals surface area (Å²) in [6.45, 7) is 5.48. The van der Waals surface area contributed by atoms with Crippen molar-refractivity contribution in [2.75, 3.05) is 24.7 Å². The van der Waals surface area contributed by atoms with Gasteiger partial charge in [-0.15, -0.1) is 11.3 Å². The lowest BCUT2D eigenvalue weighted by Gasteiger charge is -2.41. The molecule has 5 rings (SSSR count). The minimum absolute atomic E-state index is 0.0165. The van der Waals surface area contributed by atoms with E-state index in [4.69, 9.17) is 4.74 Å². The van der Waals surface area contributed by atoms with Gasteiger partial charge in [-0.2, -0.15) is 0 Å². The normalized spacial score (nSPS) is 18.7. The van der Waals surface area contributed by atoms with Gasteiger partial charge in [-0.25, -0.2) is 10.4 Å². The second kappa shape index (κ2) is 11.0. The molecule has 0 bridgehead atoms. The van der Waals surface area contributed by atoms with E-state index >= 15 is 0 Å². The smallest absolute Gasteiger partial charge is 0.284 e. The van der Waals surface area contributed by atoms with E-state index in [0.717, 1.165) is 43.9 Å². The molecular formula is C27H31N5O2S. The molecule has 182 valence electrons. The Morgan fingerprint density at radius 2 is 1.91 bits per heavy atom. The van der Waals surface area contributed by atoms with Crippen molar-refractivity contribution >= 4 is 22.9 Å². The van der Waals surface area contributed by atoms with Crippen LogP contribution in [0.5, 0.6) is 5.75 Å². The average molecular weight is 490 g/mol. The first-order chi connectivity index (χ1) is 17.2. The van der Waals surface area contributed by atoms with E-state index in [1.807, 2.05) is 52.7 Å². The lowest BCUT2D eigenvalue weighted by molar-refractivity contribution is 0.0458. The van der Waals surface area contributed by atoms with Gasteiger partial charge in [-0.05, 0) is 55.7 Å². The Kier molecular flexibility index (Phi) is 7.42. The topological polar surface area (TPSA) is 60.9 Å². The van der Waals surface area contributed by atoms with Crippen LogP contribution in [0.4, 0.5) is 5.69 Å². The lowest BCUT2D eigenvalue weighted by Crippen LogP contribution is -2.56. The number of likely N-dealkylation sites (tertiary alicyclic amines) is 1. The van der Waals surface area contributed by atoms with Gasteiger partial charge in [-0.3, -0.25) is 14.7 Å². The molecule has 2 aliphatic heterocycles. The van der Waals surface area contributed by atoms with Crippen molar-refractivity contribution in [3.8, 4) is 5.75 Å². The molecule has 2 aliphatic rings. The van der Waals surface area contributed by atoms with Gasteiger partial charge < -0.3 is 9.64 Å². The van der Waals surface area contributed by atoms with Crippen molar-refractivity contribution in [3.63, 3.8) is 0 Å². The zero-order chi connectivity index (χ0) is 24.0. The number of hydrogen-bond donors (Lipinski definition) is 1. The van der Waals surface area contributed by atoms with Gasteiger partial charge >= 0.3 is 0 Å². The number of hydrogen-bond acceptors (Lipinski definition) is 7. The molecule has 1 saturated heterocycles. The fraction of sp³-hybridized carbons (Fsp3) is 0.333. The first-order valence-corrected chi connectivity index (χ1v) is 13.0. The maximum absolute atomic E-state index is 13.6. The highest BCUT2D eigenvalue weighted by Crippen LogP contribution is 2.27. The van der Waals surface area contributed by atoms with Crippen LogP contribution in [0, 0.1) is 0 Å². The Hall–Kier alpha value is -3.20. The molecule has 1 aromatic heterocycles. The summed E-state index contributed by atoms with van der Waals surface area (Å²) in [7, 11) is 0. The summed E-state index contributed by atoms with van der Waals surface area (Å²) in [4.78, 5) is 22.4. The molecule has 0 spiro atoms. The minimum atomic E-state index is -0.233. The quantitative estimate of drug-likeness (QED) is 0.502. The summed E-state index contributed by atoms with van der Waals surface area (Å²) < 4.78 is 5.56. The summed E-state index contributed by atoms with van der Waals surface area (Å²) in [5.74, 6) is 0.830. The number of anilines is 1. The van der Waals surface area contributed by atoms with Crippen molar-refractivity contribution in [2.45, 2.75) is 38.5 Å². The van der Waals surface area contributed by atoms with Crippen molar-refractivity contribution in [3.05, 3.63) is 89.0 Å². The van der Waals surface area contributed by atoms with Crippen molar-refractivity contribution in [1.29, 1.82) is 0 Å². The van der Waals surface area contributed by atoms with Gasteiger partial charge in [0, 0.05) is 43.5 Å².